The SMILES string of the molecule is O=C(Nc1cccc(-c2nc3ccccc3o2)c1)c1cccc(-c2cc3ccccc3oc2=O)c1. The predicted molar refractivity (Wildman–Crippen MR) is 135 cm³/mol. The van der Waals surface area contributed by atoms with E-state index >= 15 is 0 Å². The largest absolute Gasteiger partial charge is 0.436 e. The fourth-order valence-corrected chi connectivity index (χ4v) is 4.02. The molecule has 0 spiro atoms. The first-order valence-electron chi connectivity index (χ1n) is 11.0. The summed E-state index contributed by atoms with van der Waals surface area (Å²) in [6, 6.07) is 30.9. The summed E-state index contributed by atoms with van der Waals surface area (Å²) in [6.07, 6.45) is 0. The van der Waals surface area contributed by atoms with Crippen LogP contribution in [-0.4, -0.2) is 10.9 Å². The molecule has 1 N–H and O–H groups in total. The van der Waals surface area contributed by atoms with Crippen molar-refractivity contribution in [2.24, 2.45) is 0 Å². The van der Waals surface area contributed by atoms with E-state index in [1.165, 1.54) is 0 Å². The van der Waals surface area contributed by atoms with Gasteiger partial charge in [-0.15, -0.1) is 0 Å². The van der Waals surface area contributed by atoms with E-state index in [9.17, 15) is 9.59 Å². The van der Waals surface area contributed by atoms with Gasteiger partial charge in [-0.2, -0.15) is 0 Å². The van der Waals surface area contributed by atoms with E-state index in [1.807, 2.05) is 60.7 Å². The number of para-hydroxylation sites is 3. The Hall–Kier alpha value is -4.97. The van der Waals surface area contributed by atoms with Crippen LogP contribution < -0.4 is 10.9 Å². The molecule has 0 saturated heterocycles. The van der Waals surface area contributed by atoms with Crippen molar-refractivity contribution in [2.45, 2.75) is 0 Å². The maximum Gasteiger partial charge on any atom is 0.344 e. The highest BCUT2D eigenvalue weighted by Crippen LogP contribution is 2.27. The van der Waals surface area contributed by atoms with E-state index in [0.29, 0.717) is 39.4 Å². The van der Waals surface area contributed by atoms with Gasteiger partial charge < -0.3 is 14.2 Å². The summed E-state index contributed by atoms with van der Waals surface area (Å²) in [4.78, 5) is 30.1. The zero-order valence-corrected chi connectivity index (χ0v) is 18.4. The van der Waals surface area contributed by atoms with Crippen LogP contribution in [0.2, 0.25) is 0 Å². The molecule has 0 atom stereocenters. The molecule has 6 rings (SSSR count). The second-order valence-corrected chi connectivity index (χ2v) is 8.09. The van der Waals surface area contributed by atoms with Gasteiger partial charge >= 0.3 is 5.63 Å². The molecular weight excluding hydrogens is 440 g/mol. The van der Waals surface area contributed by atoms with Gasteiger partial charge in [0.1, 0.15) is 11.1 Å². The average molecular weight is 458 g/mol. The van der Waals surface area contributed by atoms with Crippen molar-refractivity contribution in [3.05, 3.63) is 119 Å². The molecule has 168 valence electrons. The Bertz CT molecular complexity index is 1750. The summed E-state index contributed by atoms with van der Waals surface area (Å²) in [5.41, 5.74) is 4.32. The zero-order valence-electron chi connectivity index (χ0n) is 18.4. The predicted octanol–water partition coefficient (Wildman–Crippen LogP) is 6.52. The minimum atomic E-state index is -0.452. The van der Waals surface area contributed by atoms with Crippen molar-refractivity contribution in [2.75, 3.05) is 5.32 Å². The van der Waals surface area contributed by atoms with Crippen LogP contribution in [0.4, 0.5) is 5.69 Å². The number of amides is 1. The molecule has 0 aliphatic carbocycles. The van der Waals surface area contributed by atoms with Crippen LogP contribution in [-0.2, 0) is 0 Å². The first kappa shape index (κ1) is 20.6. The molecule has 0 aliphatic heterocycles. The number of oxazole rings is 1. The number of rotatable bonds is 4. The molecule has 0 bridgehead atoms. The highest BCUT2D eigenvalue weighted by atomic mass is 16.4. The van der Waals surface area contributed by atoms with Crippen LogP contribution in [0.15, 0.2) is 117 Å². The van der Waals surface area contributed by atoms with Gasteiger partial charge in [0.2, 0.25) is 5.89 Å². The van der Waals surface area contributed by atoms with E-state index in [-0.39, 0.29) is 5.91 Å². The lowest BCUT2D eigenvalue weighted by Gasteiger charge is -2.08. The average Bonchev–Trinajstić information content (AvgIpc) is 3.33. The summed E-state index contributed by atoms with van der Waals surface area (Å²) in [6.45, 7) is 0. The maximum atomic E-state index is 13.0. The molecule has 6 aromatic rings. The Labute approximate surface area is 199 Å². The fraction of sp³-hybridized carbons (Fsp3) is 0. The van der Waals surface area contributed by atoms with Gasteiger partial charge in [-0.05, 0) is 60.2 Å². The van der Waals surface area contributed by atoms with Crippen LogP contribution in [0.5, 0.6) is 0 Å². The summed E-state index contributed by atoms with van der Waals surface area (Å²) in [7, 11) is 0. The second-order valence-electron chi connectivity index (χ2n) is 8.09. The lowest BCUT2D eigenvalue weighted by Crippen LogP contribution is -2.12. The van der Waals surface area contributed by atoms with Gasteiger partial charge in [-0.1, -0.05) is 48.5 Å². The number of nitrogens with one attached hydrogen (secondary N) is 1. The molecule has 6 nitrogen and oxygen atoms in total. The van der Waals surface area contributed by atoms with Gasteiger partial charge in [0.05, 0.1) is 5.56 Å². The number of carbonyl (C=O) groups excluding carboxylic acids is 1. The van der Waals surface area contributed by atoms with E-state index in [4.69, 9.17) is 8.83 Å². The third kappa shape index (κ3) is 3.98. The van der Waals surface area contributed by atoms with Crippen molar-refractivity contribution >= 4 is 33.7 Å². The fourth-order valence-electron chi connectivity index (χ4n) is 4.02. The lowest BCUT2D eigenvalue weighted by atomic mass is 10.0. The van der Waals surface area contributed by atoms with Gasteiger partial charge in [0.25, 0.3) is 5.91 Å². The minimum Gasteiger partial charge on any atom is -0.436 e. The monoisotopic (exact) mass is 458 g/mol. The number of hydrogen-bond donors (Lipinski definition) is 1. The van der Waals surface area contributed by atoms with Gasteiger partial charge in [0, 0.05) is 22.2 Å². The molecule has 2 heterocycles. The molecular formula is C29H18N2O4. The molecule has 0 saturated carbocycles. The van der Waals surface area contributed by atoms with Crippen LogP contribution >= 0.6 is 0 Å². The van der Waals surface area contributed by atoms with Gasteiger partial charge in [-0.3, -0.25) is 4.79 Å². The van der Waals surface area contributed by atoms with E-state index < -0.39 is 5.63 Å². The number of hydrogen-bond acceptors (Lipinski definition) is 5. The third-order valence-electron chi connectivity index (χ3n) is 5.74. The van der Waals surface area contributed by atoms with Crippen LogP contribution in [0.25, 0.3) is 44.7 Å². The molecule has 2 aromatic heterocycles. The van der Waals surface area contributed by atoms with Crippen molar-refractivity contribution in [1.82, 2.24) is 4.98 Å². The number of carbonyl (C=O) groups is 1. The smallest absolute Gasteiger partial charge is 0.344 e. The molecule has 0 aliphatic rings. The van der Waals surface area contributed by atoms with E-state index in [0.717, 1.165) is 16.5 Å². The highest BCUT2D eigenvalue weighted by Gasteiger charge is 2.13. The summed E-state index contributed by atoms with van der Waals surface area (Å²) >= 11 is 0. The van der Waals surface area contributed by atoms with Crippen LogP contribution in [0.3, 0.4) is 0 Å². The van der Waals surface area contributed by atoms with Crippen molar-refractivity contribution < 1.29 is 13.6 Å². The zero-order chi connectivity index (χ0) is 23.8. The van der Waals surface area contributed by atoms with Crippen molar-refractivity contribution in [3.8, 4) is 22.6 Å². The Morgan fingerprint density at radius 1 is 0.714 bits per heavy atom. The van der Waals surface area contributed by atoms with Gasteiger partial charge in [0.15, 0.2) is 5.58 Å². The lowest BCUT2D eigenvalue weighted by molar-refractivity contribution is 0.102. The quantitative estimate of drug-likeness (QED) is 0.304. The molecule has 0 fully saturated rings. The first-order chi connectivity index (χ1) is 17.1. The Morgan fingerprint density at radius 3 is 2.37 bits per heavy atom. The number of fused-ring (bicyclic) bond motifs is 2. The molecule has 35 heavy (non-hydrogen) atoms. The second kappa shape index (κ2) is 8.43. The number of nitrogens with zero attached hydrogens (tertiary/aromatic N) is 1. The highest BCUT2D eigenvalue weighted by molar-refractivity contribution is 6.05. The summed E-state index contributed by atoms with van der Waals surface area (Å²) in [5, 5.41) is 3.73. The molecule has 4 aromatic carbocycles. The number of anilines is 1. The topological polar surface area (TPSA) is 85.3 Å². The molecule has 1 amide bonds. The standard InChI is InChI=1S/C29H18N2O4/c32-27(30-22-11-6-10-21(16-22)28-31-24-12-2-4-14-26(24)34-28)20-9-5-8-18(15-20)23-17-19-7-1-3-13-25(19)35-29(23)33/h1-17H,(H,30,32). The van der Waals surface area contributed by atoms with Crippen LogP contribution in [0.1, 0.15) is 10.4 Å². The van der Waals surface area contributed by atoms with E-state index in [2.05, 4.69) is 10.3 Å². The summed E-state index contributed by atoms with van der Waals surface area (Å²) in [5.74, 6) is 0.180. The van der Waals surface area contributed by atoms with Crippen molar-refractivity contribution in [3.63, 3.8) is 0 Å². The summed E-state index contributed by atoms with van der Waals surface area (Å²) < 4.78 is 11.3. The Morgan fingerprint density at radius 2 is 1.49 bits per heavy atom. The number of aromatic nitrogens is 1. The normalized spacial score (nSPS) is 11.1. The maximum absolute atomic E-state index is 13.0. The molecule has 6 heteroatoms. The first-order valence-corrected chi connectivity index (χ1v) is 11.0. The van der Waals surface area contributed by atoms with E-state index in [1.54, 1.807) is 42.5 Å². The number of benzene rings is 4. The molecule has 0 unspecified atom stereocenters. The van der Waals surface area contributed by atoms with Crippen LogP contribution in [0, 0.1) is 0 Å². The Balaban J connectivity index is 1.28. The van der Waals surface area contributed by atoms with Crippen molar-refractivity contribution in [1.29, 1.82) is 0 Å². The molecule has 0 radical (unpaired) electrons. The minimum absolute atomic E-state index is 0.299. The van der Waals surface area contributed by atoms with Gasteiger partial charge in [-0.25, -0.2) is 9.78 Å². The Kier molecular flexibility index (Phi) is 4.96. The third-order valence-corrected chi connectivity index (χ3v) is 5.74.